The lowest BCUT2D eigenvalue weighted by molar-refractivity contribution is -0.135. The monoisotopic (exact) mass is 249 g/mol. The number of carbonyl (C=O) groups excluding carboxylic acids is 1. The summed E-state index contributed by atoms with van der Waals surface area (Å²) < 4.78 is 5.37. The summed E-state index contributed by atoms with van der Waals surface area (Å²) in [6.45, 7) is 1.17. The molecule has 1 atom stereocenters. The van der Waals surface area contributed by atoms with Crippen LogP contribution in [0.4, 0.5) is 0 Å². The van der Waals surface area contributed by atoms with Crippen LogP contribution in [0.2, 0.25) is 0 Å². The molecule has 5 nitrogen and oxygen atoms in total. The number of benzene rings is 1. The van der Waals surface area contributed by atoms with E-state index in [0.717, 1.165) is 11.3 Å². The van der Waals surface area contributed by atoms with Crippen molar-refractivity contribution in [1.82, 2.24) is 10.0 Å². The fourth-order valence-electron chi connectivity index (χ4n) is 2.41. The number of carbonyl (C=O) groups is 1. The minimum atomic E-state index is 0.0159. The van der Waals surface area contributed by atoms with Crippen LogP contribution in [0.15, 0.2) is 24.3 Å². The fourth-order valence-corrected chi connectivity index (χ4v) is 2.41. The van der Waals surface area contributed by atoms with Crippen molar-refractivity contribution in [2.24, 2.45) is 5.73 Å². The van der Waals surface area contributed by atoms with Gasteiger partial charge in [-0.1, -0.05) is 18.2 Å². The van der Waals surface area contributed by atoms with Crippen LogP contribution >= 0.6 is 0 Å². The van der Waals surface area contributed by atoms with Gasteiger partial charge in [0.05, 0.1) is 13.2 Å². The molecule has 1 aromatic carbocycles. The maximum atomic E-state index is 11.8. The average molecular weight is 249 g/mol. The van der Waals surface area contributed by atoms with Gasteiger partial charge < -0.3 is 10.5 Å². The fraction of sp³-hybridized carbons (Fsp3) is 0.462. The van der Waals surface area contributed by atoms with E-state index >= 15 is 0 Å². The number of hydrogen-bond acceptors (Lipinski definition) is 4. The molecular weight excluding hydrogens is 230 g/mol. The van der Waals surface area contributed by atoms with Crippen molar-refractivity contribution in [2.45, 2.75) is 12.5 Å². The molecule has 98 valence electrons. The van der Waals surface area contributed by atoms with E-state index in [1.165, 1.54) is 0 Å². The Labute approximate surface area is 107 Å². The third kappa shape index (κ3) is 2.19. The van der Waals surface area contributed by atoms with E-state index in [4.69, 9.17) is 10.5 Å². The van der Waals surface area contributed by atoms with Crippen LogP contribution in [0, 0.1) is 0 Å². The second-order valence-corrected chi connectivity index (χ2v) is 4.33. The maximum Gasteiger partial charge on any atom is 0.238 e. The van der Waals surface area contributed by atoms with Crippen molar-refractivity contribution >= 4 is 5.91 Å². The average Bonchev–Trinajstić information content (AvgIpc) is 2.67. The molecule has 1 heterocycles. The van der Waals surface area contributed by atoms with Gasteiger partial charge in [0.25, 0.3) is 0 Å². The Morgan fingerprint density at radius 2 is 2.17 bits per heavy atom. The lowest BCUT2D eigenvalue weighted by Crippen LogP contribution is -2.40. The molecule has 5 heteroatoms. The number of hydrogen-bond donors (Lipinski definition) is 1. The summed E-state index contributed by atoms with van der Waals surface area (Å²) in [6.07, 6.45) is 0.469. The van der Waals surface area contributed by atoms with Crippen molar-refractivity contribution in [3.8, 4) is 5.75 Å². The SMILES string of the molecule is COc1ccccc1C1CC(=O)N(C)N1CCN. The Balaban J connectivity index is 2.33. The zero-order chi connectivity index (χ0) is 13.1. The highest BCUT2D eigenvalue weighted by Gasteiger charge is 2.36. The zero-order valence-corrected chi connectivity index (χ0v) is 10.8. The van der Waals surface area contributed by atoms with E-state index in [1.54, 1.807) is 19.2 Å². The summed E-state index contributed by atoms with van der Waals surface area (Å²) in [5.74, 6) is 0.923. The topological polar surface area (TPSA) is 58.8 Å². The first kappa shape index (κ1) is 12.9. The van der Waals surface area contributed by atoms with Gasteiger partial charge in [-0.05, 0) is 6.07 Å². The number of ether oxygens (including phenoxy) is 1. The van der Waals surface area contributed by atoms with E-state index < -0.39 is 0 Å². The quantitative estimate of drug-likeness (QED) is 0.856. The number of hydrazine groups is 1. The number of nitrogens with two attached hydrogens (primary N) is 1. The van der Waals surface area contributed by atoms with Crippen molar-refractivity contribution in [3.63, 3.8) is 0 Å². The van der Waals surface area contributed by atoms with Gasteiger partial charge in [0.2, 0.25) is 5.91 Å². The van der Waals surface area contributed by atoms with Gasteiger partial charge in [-0.3, -0.25) is 9.80 Å². The molecule has 1 amide bonds. The predicted molar refractivity (Wildman–Crippen MR) is 68.9 cm³/mol. The van der Waals surface area contributed by atoms with Crippen molar-refractivity contribution < 1.29 is 9.53 Å². The number of nitrogens with zero attached hydrogens (tertiary/aromatic N) is 2. The highest BCUT2D eigenvalue weighted by atomic mass is 16.5. The van der Waals surface area contributed by atoms with Crippen molar-refractivity contribution in [2.75, 3.05) is 27.2 Å². The first-order chi connectivity index (χ1) is 8.69. The van der Waals surface area contributed by atoms with E-state index in [1.807, 2.05) is 29.3 Å². The van der Waals surface area contributed by atoms with Crippen molar-refractivity contribution in [3.05, 3.63) is 29.8 Å². The third-order valence-electron chi connectivity index (χ3n) is 3.33. The lowest BCUT2D eigenvalue weighted by atomic mass is 10.0. The van der Waals surface area contributed by atoms with E-state index in [9.17, 15) is 4.79 Å². The first-order valence-electron chi connectivity index (χ1n) is 6.05. The molecule has 1 fully saturated rings. The minimum absolute atomic E-state index is 0.0159. The van der Waals surface area contributed by atoms with Gasteiger partial charge in [-0.15, -0.1) is 0 Å². The number of para-hydroxylation sites is 1. The molecule has 2 N–H and O–H groups in total. The highest BCUT2D eigenvalue weighted by molar-refractivity contribution is 5.78. The number of amides is 1. The summed E-state index contributed by atoms with van der Waals surface area (Å²) in [6, 6.07) is 7.82. The van der Waals surface area contributed by atoms with Gasteiger partial charge in [-0.25, -0.2) is 5.01 Å². The van der Waals surface area contributed by atoms with Crippen LogP contribution in [0.3, 0.4) is 0 Å². The molecular formula is C13H19N3O2. The largest absolute Gasteiger partial charge is 0.496 e. The molecule has 1 aliphatic rings. The molecule has 1 saturated heterocycles. The highest BCUT2D eigenvalue weighted by Crippen LogP contribution is 2.36. The molecule has 0 radical (unpaired) electrons. The molecule has 1 unspecified atom stereocenters. The van der Waals surface area contributed by atoms with Crippen LogP contribution in [0.5, 0.6) is 5.75 Å². The van der Waals surface area contributed by atoms with Crippen LogP contribution in [0.25, 0.3) is 0 Å². The van der Waals surface area contributed by atoms with Gasteiger partial charge in [0.1, 0.15) is 5.75 Å². The molecule has 18 heavy (non-hydrogen) atoms. The normalized spacial score (nSPS) is 20.5. The maximum absolute atomic E-state index is 11.8. The molecule has 0 saturated carbocycles. The first-order valence-corrected chi connectivity index (χ1v) is 6.05. The second-order valence-electron chi connectivity index (χ2n) is 4.33. The molecule has 0 bridgehead atoms. The standard InChI is InChI=1S/C13H19N3O2/c1-15-13(17)9-11(16(15)8-7-14)10-5-3-4-6-12(10)18-2/h3-6,11H,7-9,14H2,1-2H3. The summed E-state index contributed by atoms with van der Waals surface area (Å²) in [4.78, 5) is 11.8. The van der Waals surface area contributed by atoms with E-state index in [2.05, 4.69) is 0 Å². The molecule has 1 aromatic rings. The summed E-state index contributed by atoms with van der Waals surface area (Å²) >= 11 is 0. The van der Waals surface area contributed by atoms with Gasteiger partial charge >= 0.3 is 0 Å². The Hall–Kier alpha value is -1.59. The van der Waals surface area contributed by atoms with Crippen molar-refractivity contribution in [1.29, 1.82) is 0 Å². The molecule has 2 rings (SSSR count). The van der Waals surface area contributed by atoms with E-state index in [-0.39, 0.29) is 11.9 Å². The summed E-state index contributed by atoms with van der Waals surface area (Å²) in [5.41, 5.74) is 6.65. The lowest BCUT2D eigenvalue weighted by Gasteiger charge is -2.29. The third-order valence-corrected chi connectivity index (χ3v) is 3.33. The smallest absolute Gasteiger partial charge is 0.238 e. The van der Waals surface area contributed by atoms with Crippen LogP contribution in [-0.4, -0.2) is 43.2 Å². The Kier molecular flexibility index (Phi) is 3.84. The number of rotatable bonds is 4. The Bertz CT molecular complexity index is 436. The van der Waals surface area contributed by atoms with Gasteiger partial charge in [0.15, 0.2) is 0 Å². The molecule has 0 aliphatic carbocycles. The molecule has 0 aromatic heterocycles. The van der Waals surface area contributed by atoms with Gasteiger partial charge in [-0.2, -0.15) is 0 Å². The number of methoxy groups -OCH3 is 1. The van der Waals surface area contributed by atoms with Crippen LogP contribution < -0.4 is 10.5 Å². The van der Waals surface area contributed by atoms with Crippen LogP contribution in [0.1, 0.15) is 18.0 Å². The van der Waals surface area contributed by atoms with E-state index in [0.29, 0.717) is 19.5 Å². The summed E-state index contributed by atoms with van der Waals surface area (Å²) in [7, 11) is 3.43. The summed E-state index contributed by atoms with van der Waals surface area (Å²) in [5, 5.41) is 3.66. The zero-order valence-electron chi connectivity index (χ0n) is 10.8. The van der Waals surface area contributed by atoms with Gasteiger partial charge in [0, 0.05) is 32.1 Å². The molecule has 0 spiro atoms. The van der Waals surface area contributed by atoms with Crippen LogP contribution in [-0.2, 0) is 4.79 Å². The molecule has 1 aliphatic heterocycles. The predicted octanol–water partition coefficient (Wildman–Crippen LogP) is 0.774. The second kappa shape index (κ2) is 5.37. The Morgan fingerprint density at radius 1 is 1.44 bits per heavy atom. The minimum Gasteiger partial charge on any atom is -0.496 e. The Morgan fingerprint density at radius 3 is 2.83 bits per heavy atom.